The van der Waals surface area contributed by atoms with Crippen molar-refractivity contribution in [3.05, 3.63) is 0 Å². The second-order valence-corrected chi connectivity index (χ2v) is 3.88. The van der Waals surface area contributed by atoms with Gasteiger partial charge in [0, 0.05) is 25.9 Å². The lowest BCUT2D eigenvalue weighted by Gasteiger charge is -2.34. The number of nitrogens with zero attached hydrogens (tertiary/aromatic N) is 1. The second kappa shape index (κ2) is 5.02. The summed E-state index contributed by atoms with van der Waals surface area (Å²) in [5.41, 5.74) is 0. The Morgan fingerprint density at radius 2 is 2.43 bits per heavy atom. The van der Waals surface area contributed by atoms with E-state index >= 15 is 0 Å². The first kappa shape index (κ1) is 11.1. The van der Waals surface area contributed by atoms with Crippen molar-refractivity contribution in [2.24, 2.45) is 5.92 Å². The summed E-state index contributed by atoms with van der Waals surface area (Å²) >= 11 is 0. The number of hydrogen-bond donors (Lipinski definition) is 1. The van der Waals surface area contributed by atoms with Crippen LogP contribution in [0.3, 0.4) is 0 Å². The van der Waals surface area contributed by atoms with Crippen LogP contribution in [-0.2, 0) is 4.79 Å². The summed E-state index contributed by atoms with van der Waals surface area (Å²) < 4.78 is 0. The molecule has 0 radical (unpaired) electrons. The number of rotatable bonds is 2. The van der Waals surface area contributed by atoms with E-state index in [4.69, 9.17) is 6.42 Å². The summed E-state index contributed by atoms with van der Waals surface area (Å²) in [7, 11) is 0. The fourth-order valence-corrected chi connectivity index (χ4v) is 1.70. The molecule has 0 aromatic carbocycles. The zero-order valence-electron chi connectivity index (χ0n) is 8.57. The third-order valence-corrected chi connectivity index (χ3v) is 2.70. The Morgan fingerprint density at radius 1 is 1.71 bits per heavy atom. The molecule has 1 rings (SSSR count). The largest absolute Gasteiger partial charge is 0.393 e. The van der Waals surface area contributed by atoms with Gasteiger partial charge in [-0.1, -0.05) is 6.92 Å². The predicted molar refractivity (Wildman–Crippen MR) is 54.4 cm³/mol. The van der Waals surface area contributed by atoms with Gasteiger partial charge in [-0.25, -0.2) is 0 Å². The van der Waals surface area contributed by atoms with Gasteiger partial charge in [-0.05, 0) is 12.3 Å². The molecule has 0 saturated carbocycles. The van der Waals surface area contributed by atoms with Gasteiger partial charge in [0.15, 0.2) is 0 Å². The average molecular weight is 195 g/mol. The Morgan fingerprint density at radius 3 is 3.00 bits per heavy atom. The maximum atomic E-state index is 11.6. The molecule has 0 aromatic heterocycles. The molecule has 3 nitrogen and oxygen atoms in total. The first-order chi connectivity index (χ1) is 6.65. The fourth-order valence-electron chi connectivity index (χ4n) is 1.70. The lowest BCUT2D eigenvalue weighted by Crippen LogP contribution is -2.44. The molecule has 0 aliphatic carbocycles. The number of aliphatic hydroxyl groups excluding tert-OH is 1. The first-order valence-electron chi connectivity index (χ1n) is 5.04. The Balaban J connectivity index is 2.39. The SMILES string of the molecule is C#CCCC(=O)N1CCC(O)C(C)C1. The summed E-state index contributed by atoms with van der Waals surface area (Å²) in [6.45, 7) is 3.28. The van der Waals surface area contributed by atoms with Crippen LogP contribution in [-0.4, -0.2) is 35.1 Å². The van der Waals surface area contributed by atoms with Crippen LogP contribution in [0.5, 0.6) is 0 Å². The van der Waals surface area contributed by atoms with Crippen LogP contribution in [0.4, 0.5) is 0 Å². The molecule has 1 fully saturated rings. The van der Waals surface area contributed by atoms with Gasteiger partial charge in [-0.2, -0.15) is 0 Å². The molecule has 2 unspecified atom stereocenters. The van der Waals surface area contributed by atoms with E-state index in [2.05, 4.69) is 5.92 Å². The van der Waals surface area contributed by atoms with Crippen molar-refractivity contribution in [3.8, 4) is 12.3 Å². The van der Waals surface area contributed by atoms with E-state index in [0.717, 1.165) is 0 Å². The van der Waals surface area contributed by atoms with Crippen LogP contribution >= 0.6 is 0 Å². The third kappa shape index (κ3) is 2.74. The number of carbonyl (C=O) groups excluding carboxylic acids is 1. The van der Waals surface area contributed by atoms with Crippen molar-refractivity contribution >= 4 is 5.91 Å². The van der Waals surface area contributed by atoms with Crippen LogP contribution < -0.4 is 0 Å². The molecule has 1 saturated heterocycles. The molecular weight excluding hydrogens is 178 g/mol. The molecule has 14 heavy (non-hydrogen) atoms. The Labute approximate surface area is 85.1 Å². The summed E-state index contributed by atoms with van der Waals surface area (Å²) in [6, 6.07) is 0. The van der Waals surface area contributed by atoms with Gasteiger partial charge in [0.25, 0.3) is 0 Å². The van der Waals surface area contributed by atoms with Crippen molar-refractivity contribution in [2.75, 3.05) is 13.1 Å². The van der Waals surface area contributed by atoms with E-state index in [1.165, 1.54) is 0 Å². The third-order valence-electron chi connectivity index (χ3n) is 2.70. The van der Waals surface area contributed by atoms with Gasteiger partial charge in [-0.15, -0.1) is 12.3 Å². The van der Waals surface area contributed by atoms with E-state index in [1.54, 1.807) is 4.90 Å². The lowest BCUT2D eigenvalue weighted by atomic mass is 9.96. The highest BCUT2D eigenvalue weighted by Crippen LogP contribution is 2.17. The Hall–Kier alpha value is -1.01. The van der Waals surface area contributed by atoms with E-state index in [1.807, 2.05) is 6.92 Å². The van der Waals surface area contributed by atoms with Crippen molar-refractivity contribution in [1.82, 2.24) is 4.90 Å². The monoisotopic (exact) mass is 195 g/mol. The smallest absolute Gasteiger partial charge is 0.223 e. The molecule has 1 aliphatic heterocycles. The van der Waals surface area contributed by atoms with Gasteiger partial charge in [-0.3, -0.25) is 4.79 Å². The molecular formula is C11H17NO2. The normalized spacial score (nSPS) is 27.1. The minimum absolute atomic E-state index is 0.113. The average Bonchev–Trinajstić information content (AvgIpc) is 2.18. The number of piperidine rings is 1. The molecule has 0 spiro atoms. The topological polar surface area (TPSA) is 40.5 Å². The Kier molecular flexibility index (Phi) is 3.97. The standard InChI is InChI=1S/C11H17NO2/c1-3-4-5-11(14)12-7-6-10(13)9(2)8-12/h1,9-10,13H,4-8H2,2H3. The van der Waals surface area contributed by atoms with E-state index < -0.39 is 0 Å². The number of terminal acetylenes is 1. The number of hydrogen-bond acceptors (Lipinski definition) is 2. The predicted octanol–water partition coefficient (Wildman–Crippen LogP) is 0.629. The summed E-state index contributed by atoms with van der Waals surface area (Å²) in [6.07, 6.45) is 6.46. The summed E-state index contributed by atoms with van der Waals surface area (Å²) in [4.78, 5) is 13.4. The van der Waals surface area contributed by atoms with Gasteiger partial charge in [0.2, 0.25) is 5.91 Å². The van der Waals surface area contributed by atoms with Crippen molar-refractivity contribution in [1.29, 1.82) is 0 Å². The molecule has 0 aromatic rings. The van der Waals surface area contributed by atoms with Crippen LogP contribution in [0.15, 0.2) is 0 Å². The van der Waals surface area contributed by atoms with E-state index in [0.29, 0.717) is 32.4 Å². The molecule has 78 valence electrons. The molecule has 2 atom stereocenters. The fraction of sp³-hybridized carbons (Fsp3) is 0.727. The maximum absolute atomic E-state index is 11.6. The van der Waals surface area contributed by atoms with Gasteiger partial charge >= 0.3 is 0 Å². The zero-order valence-corrected chi connectivity index (χ0v) is 8.57. The van der Waals surface area contributed by atoms with Gasteiger partial charge in [0.1, 0.15) is 0 Å². The zero-order chi connectivity index (χ0) is 10.6. The highest BCUT2D eigenvalue weighted by molar-refractivity contribution is 5.76. The van der Waals surface area contributed by atoms with Crippen LogP contribution in [0, 0.1) is 18.3 Å². The quantitative estimate of drug-likeness (QED) is 0.656. The van der Waals surface area contributed by atoms with E-state index in [9.17, 15) is 9.90 Å². The number of carbonyl (C=O) groups is 1. The summed E-state index contributed by atoms with van der Waals surface area (Å²) in [5, 5.41) is 9.48. The number of aliphatic hydroxyl groups is 1. The van der Waals surface area contributed by atoms with Crippen molar-refractivity contribution < 1.29 is 9.90 Å². The molecule has 1 aliphatic rings. The molecule has 1 heterocycles. The molecule has 0 bridgehead atoms. The molecule has 3 heteroatoms. The molecule has 1 amide bonds. The second-order valence-electron chi connectivity index (χ2n) is 3.88. The van der Waals surface area contributed by atoms with Crippen molar-refractivity contribution in [2.45, 2.75) is 32.3 Å². The van der Waals surface area contributed by atoms with Crippen LogP contribution in [0.25, 0.3) is 0 Å². The Bertz CT molecular complexity index is 244. The first-order valence-corrected chi connectivity index (χ1v) is 5.04. The van der Waals surface area contributed by atoms with E-state index in [-0.39, 0.29) is 17.9 Å². The number of likely N-dealkylation sites (tertiary alicyclic amines) is 1. The van der Waals surface area contributed by atoms with Crippen molar-refractivity contribution in [3.63, 3.8) is 0 Å². The number of amides is 1. The minimum Gasteiger partial charge on any atom is -0.393 e. The summed E-state index contributed by atoms with van der Waals surface area (Å²) in [5.74, 6) is 2.75. The van der Waals surface area contributed by atoms with Crippen LogP contribution in [0.2, 0.25) is 0 Å². The lowest BCUT2D eigenvalue weighted by molar-refractivity contribution is -0.134. The van der Waals surface area contributed by atoms with Gasteiger partial charge in [0.05, 0.1) is 6.10 Å². The van der Waals surface area contributed by atoms with Gasteiger partial charge < -0.3 is 10.0 Å². The van der Waals surface area contributed by atoms with Crippen LogP contribution in [0.1, 0.15) is 26.2 Å². The maximum Gasteiger partial charge on any atom is 0.223 e. The highest BCUT2D eigenvalue weighted by Gasteiger charge is 2.26. The highest BCUT2D eigenvalue weighted by atomic mass is 16.3. The minimum atomic E-state index is -0.258. The molecule has 1 N–H and O–H groups in total.